The summed E-state index contributed by atoms with van der Waals surface area (Å²) in [5, 5.41) is 6.97. The summed E-state index contributed by atoms with van der Waals surface area (Å²) < 4.78 is 33.3. The molecule has 0 radical (unpaired) electrons. The smallest absolute Gasteiger partial charge is 0.271 e. The van der Waals surface area contributed by atoms with E-state index in [4.69, 9.17) is 4.74 Å². The highest BCUT2D eigenvalue weighted by Crippen LogP contribution is 2.09. The number of hydrogen-bond acceptors (Lipinski definition) is 4. The Morgan fingerprint density at radius 3 is 2.78 bits per heavy atom. The molecule has 1 N–H and O–H groups in total. The van der Waals surface area contributed by atoms with Crippen molar-refractivity contribution in [2.45, 2.75) is 0 Å². The molecule has 1 aromatic heterocycles. The SMILES string of the molecule is Cn1nc(C(=O)NCCN2CCOCC2)cc1C#Cc1ccc(F)cc1F. The highest BCUT2D eigenvalue weighted by Gasteiger charge is 2.13. The van der Waals surface area contributed by atoms with Gasteiger partial charge in [0.25, 0.3) is 5.91 Å². The highest BCUT2D eigenvalue weighted by atomic mass is 19.1. The fourth-order valence-corrected chi connectivity index (χ4v) is 2.66. The minimum absolute atomic E-state index is 0.0779. The molecule has 6 nitrogen and oxygen atoms in total. The summed E-state index contributed by atoms with van der Waals surface area (Å²) in [5.41, 5.74) is 0.773. The van der Waals surface area contributed by atoms with Gasteiger partial charge in [-0.15, -0.1) is 0 Å². The molecule has 0 bridgehead atoms. The van der Waals surface area contributed by atoms with E-state index in [1.165, 1.54) is 10.7 Å². The number of rotatable bonds is 4. The van der Waals surface area contributed by atoms with Gasteiger partial charge in [-0.05, 0) is 18.1 Å². The van der Waals surface area contributed by atoms with Crippen molar-refractivity contribution < 1.29 is 18.3 Å². The maximum Gasteiger partial charge on any atom is 0.271 e. The summed E-state index contributed by atoms with van der Waals surface area (Å²) in [6, 6.07) is 4.73. The van der Waals surface area contributed by atoms with Crippen LogP contribution < -0.4 is 5.32 Å². The summed E-state index contributed by atoms with van der Waals surface area (Å²) in [5.74, 6) is 3.71. The first-order chi connectivity index (χ1) is 13.0. The van der Waals surface area contributed by atoms with Crippen molar-refractivity contribution in [1.29, 1.82) is 0 Å². The van der Waals surface area contributed by atoms with E-state index in [2.05, 4.69) is 27.2 Å². The van der Waals surface area contributed by atoms with Crippen molar-refractivity contribution in [3.63, 3.8) is 0 Å². The zero-order valence-corrected chi connectivity index (χ0v) is 15.0. The van der Waals surface area contributed by atoms with Gasteiger partial charge in [0.2, 0.25) is 0 Å². The van der Waals surface area contributed by atoms with E-state index in [-0.39, 0.29) is 17.2 Å². The Morgan fingerprint density at radius 2 is 2.04 bits per heavy atom. The number of ether oxygens (including phenoxy) is 1. The lowest BCUT2D eigenvalue weighted by Gasteiger charge is -2.26. The zero-order chi connectivity index (χ0) is 19.2. The van der Waals surface area contributed by atoms with Crippen LogP contribution in [0.5, 0.6) is 0 Å². The molecule has 2 heterocycles. The molecule has 0 unspecified atom stereocenters. The number of amides is 1. The van der Waals surface area contributed by atoms with Gasteiger partial charge in [-0.25, -0.2) is 8.78 Å². The van der Waals surface area contributed by atoms with Gasteiger partial charge in [-0.2, -0.15) is 5.10 Å². The Morgan fingerprint density at radius 1 is 1.26 bits per heavy atom. The van der Waals surface area contributed by atoms with Crippen molar-refractivity contribution >= 4 is 5.91 Å². The van der Waals surface area contributed by atoms with Crippen LogP contribution in [0.1, 0.15) is 21.7 Å². The molecule has 0 atom stereocenters. The minimum Gasteiger partial charge on any atom is -0.379 e. The standard InChI is InChI=1S/C19H20F2N4O2/c1-24-16(5-3-14-2-4-15(20)12-17(14)21)13-18(23-24)19(26)22-6-7-25-8-10-27-11-9-25/h2,4,12-13H,6-11H2,1H3,(H,22,26). The van der Waals surface area contributed by atoms with E-state index in [0.29, 0.717) is 25.5 Å². The third-order valence-electron chi connectivity index (χ3n) is 4.19. The van der Waals surface area contributed by atoms with Gasteiger partial charge < -0.3 is 10.1 Å². The monoisotopic (exact) mass is 374 g/mol. The van der Waals surface area contributed by atoms with Crippen LogP contribution in [0.2, 0.25) is 0 Å². The summed E-state index contributed by atoms with van der Waals surface area (Å²) in [4.78, 5) is 14.5. The molecule has 142 valence electrons. The molecule has 8 heteroatoms. The predicted octanol–water partition coefficient (Wildman–Crippen LogP) is 1.16. The first-order valence-electron chi connectivity index (χ1n) is 8.62. The van der Waals surface area contributed by atoms with Gasteiger partial charge in [-0.3, -0.25) is 14.4 Å². The van der Waals surface area contributed by atoms with Crippen molar-refractivity contribution in [3.05, 3.63) is 52.9 Å². The lowest BCUT2D eigenvalue weighted by molar-refractivity contribution is 0.0383. The molecule has 1 saturated heterocycles. The van der Waals surface area contributed by atoms with Crippen molar-refractivity contribution in [2.24, 2.45) is 7.05 Å². The highest BCUT2D eigenvalue weighted by molar-refractivity contribution is 5.92. The van der Waals surface area contributed by atoms with Gasteiger partial charge in [0.1, 0.15) is 17.3 Å². The van der Waals surface area contributed by atoms with E-state index in [0.717, 1.165) is 31.8 Å². The fraction of sp³-hybridized carbons (Fsp3) is 0.368. The second-order valence-electron chi connectivity index (χ2n) is 6.12. The second-order valence-corrected chi connectivity index (χ2v) is 6.12. The normalized spacial score (nSPS) is 14.5. The Hall–Kier alpha value is -2.76. The molecule has 1 fully saturated rings. The van der Waals surface area contributed by atoms with Crippen LogP contribution in [0.4, 0.5) is 8.78 Å². The predicted molar refractivity (Wildman–Crippen MR) is 95.1 cm³/mol. The number of hydrogen-bond donors (Lipinski definition) is 1. The third kappa shape index (κ3) is 5.12. The van der Waals surface area contributed by atoms with Crippen LogP contribution >= 0.6 is 0 Å². The summed E-state index contributed by atoms with van der Waals surface area (Å²) in [6.45, 7) is 4.41. The number of halogens is 2. The lowest BCUT2D eigenvalue weighted by atomic mass is 10.2. The van der Waals surface area contributed by atoms with E-state index in [1.807, 2.05) is 0 Å². The molecule has 0 aliphatic carbocycles. The lowest BCUT2D eigenvalue weighted by Crippen LogP contribution is -2.41. The molecular weight excluding hydrogens is 354 g/mol. The van der Waals surface area contributed by atoms with E-state index >= 15 is 0 Å². The molecule has 1 aromatic carbocycles. The number of aromatic nitrogens is 2. The van der Waals surface area contributed by atoms with Gasteiger partial charge in [-0.1, -0.05) is 5.92 Å². The Kier molecular flexibility index (Phi) is 6.16. The summed E-state index contributed by atoms with van der Waals surface area (Å²) in [6.07, 6.45) is 0. The van der Waals surface area contributed by atoms with Crippen LogP contribution in [0.25, 0.3) is 0 Å². The molecule has 1 amide bonds. The van der Waals surface area contributed by atoms with Gasteiger partial charge in [0.05, 0.1) is 18.8 Å². The average Bonchev–Trinajstić information content (AvgIpc) is 3.03. The van der Waals surface area contributed by atoms with Gasteiger partial charge >= 0.3 is 0 Å². The van der Waals surface area contributed by atoms with Crippen LogP contribution in [0.3, 0.4) is 0 Å². The van der Waals surface area contributed by atoms with Crippen molar-refractivity contribution in [1.82, 2.24) is 20.0 Å². The molecule has 0 spiro atoms. The number of benzene rings is 1. The summed E-state index contributed by atoms with van der Waals surface area (Å²) >= 11 is 0. The number of morpholine rings is 1. The maximum absolute atomic E-state index is 13.6. The average molecular weight is 374 g/mol. The first kappa shape index (κ1) is 19.0. The van der Waals surface area contributed by atoms with Crippen LogP contribution in [0, 0.1) is 23.5 Å². The quantitative estimate of drug-likeness (QED) is 0.816. The molecule has 2 aromatic rings. The molecule has 1 aliphatic rings. The maximum atomic E-state index is 13.6. The van der Waals surface area contributed by atoms with E-state index in [9.17, 15) is 13.6 Å². The van der Waals surface area contributed by atoms with Gasteiger partial charge in [0, 0.05) is 45.4 Å². The molecule has 3 rings (SSSR count). The van der Waals surface area contributed by atoms with Crippen molar-refractivity contribution in [3.8, 4) is 11.8 Å². The van der Waals surface area contributed by atoms with Crippen molar-refractivity contribution in [2.75, 3.05) is 39.4 Å². The number of carbonyl (C=O) groups excluding carboxylic acids is 1. The summed E-state index contributed by atoms with van der Waals surface area (Å²) in [7, 11) is 1.65. The topological polar surface area (TPSA) is 59.4 Å². The zero-order valence-electron chi connectivity index (χ0n) is 15.0. The van der Waals surface area contributed by atoms with E-state index < -0.39 is 11.6 Å². The van der Waals surface area contributed by atoms with Crippen LogP contribution in [-0.4, -0.2) is 60.0 Å². The molecule has 1 aliphatic heterocycles. The first-order valence-corrected chi connectivity index (χ1v) is 8.62. The minimum atomic E-state index is -0.731. The molecule has 27 heavy (non-hydrogen) atoms. The molecular formula is C19H20F2N4O2. The van der Waals surface area contributed by atoms with Crippen LogP contribution in [-0.2, 0) is 11.8 Å². The van der Waals surface area contributed by atoms with E-state index in [1.54, 1.807) is 13.1 Å². The molecule has 0 saturated carbocycles. The van der Waals surface area contributed by atoms with Crippen LogP contribution in [0.15, 0.2) is 24.3 Å². The Balaban J connectivity index is 1.60. The number of nitrogens with one attached hydrogen (secondary N) is 1. The van der Waals surface area contributed by atoms with Gasteiger partial charge in [0.15, 0.2) is 5.69 Å². The Labute approximate surface area is 156 Å². The largest absolute Gasteiger partial charge is 0.379 e. The third-order valence-corrected chi connectivity index (χ3v) is 4.19. The second kappa shape index (κ2) is 8.75. The fourth-order valence-electron chi connectivity index (χ4n) is 2.66. The number of nitrogens with zero attached hydrogens (tertiary/aromatic N) is 3. The number of aryl methyl sites for hydroxylation is 1. The number of carbonyl (C=O) groups is 1. The Bertz CT molecular complexity index is 880.